The molecule has 0 bridgehead atoms. The van der Waals surface area contributed by atoms with Gasteiger partial charge in [0.2, 0.25) is 0 Å². The van der Waals surface area contributed by atoms with Gasteiger partial charge >= 0.3 is 0 Å². The summed E-state index contributed by atoms with van der Waals surface area (Å²) in [5.74, 6) is 0.682. The van der Waals surface area contributed by atoms with E-state index in [0.717, 1.165) is 44.9 Å². The van der Waals surface area contributed by atoms with Crippen LogP contribution < -0.4 is 0 Å². The van der Waals surface area contributed by atoms with Crippen LogP contribution in [0.2, 0.25) is 0 Å². The van der Waals surface area contributed by atoms with Gasteiger partial charge in [0.05, 0.1) is 22.5 Å². The molecule has 256 valence electrons. The highest BCUT2D eigenvalue weighted by Crippen LogP contribution is 2.63. The monoisotopic (exact) mass is 699 g/mol. The maximum absolute atomic E-state index is 5.16. The molecule has 7 aromatic carbocycles. The highest BCUT2D eigenvalue weighted by atomic mass is 14.9. The summed E-state index contributed by atoms with van der Waals surface area (Å²) in [4.78, 5) is 15.1. The Morgan fingerprint density at radius 2 is 0.782 bits per heavy atom. The number of rotatable bonds is 5. The Morgan fingerprint density at radius 1 is 0.291 bits per heavy atom. The van der Waals surface area contributed by atoms with E-state index in [1.807, 2.05) is 42.6 Å². The number of hydrogen-bond acceptors (Lipinski definition) is 3. The van der Waals surface area contributed by atoms with Gasteiger partial charge in [0.1, 0.15) is 0 Å². The predicted molar refractivity (Wildman–Crippen MR) is 223 cm³/mol. The van der Waals surface area contributed by atoms with Gasteiger partial charge in [0.25, 0.3) is 0 Å². The van der Waals surface area contributed by atoms with Gasteiger partial charge in [-0.05, 0) is 86.0 Å². The van der Waals surface area contributed by atoms with Gasteiger partial charge in [0, 0.05) is 28.5 Å². The van der Waals surface area contributed by atoms with Gasteiger partial charge in [-0.3, -0.25) is 4.98 Å². The lowest BCUT2D eigenvalue weighted by Gasteiger charge is -2.30. The van der Waals surface area contributed by atoms with Gasteiger partial charge in [-0.15, -0.1) is 0 Å². The maximum atomic E-state index is 5.16. The first kappa shape index (κ1) is 31.3. The van der Waals surface area contributed by atoms with E-state index in [1.165, 1.54) is 50.1 Å². The average molecular weight is 700 g/mol. The van der Waals surface area contributed by atoms with E-state index in [1.54, 1.807) is 0 Å². The first-order valence-electron chi connectivity index (χ1n) is 18.8. The van der Waals surface area contributed by atoms with Crippen molar-refractivity contribution in [1.29, 1.82) is 0 Å². The maximum Gasteiger partial charge on any atom is 0.160 e. The van der Waals surface area contributed by atoms with Crippen LogP contribution in [0.25, 0.3) is 78.5 Å². The standard InChI is InChI=1S/C52H33N3/c1-3-14-34(15-4-1)48-29-27-39(33-53-48)50-32-49(54-51(55-50)35-16-5-2-6-17-35)38-19-13-18-36(30-38)37-26-28-43-42-22-9-12-25-46(42)52(47(43)31-37)44-23-10-7-20-40(44)41-21-8-11-24-45(41)52/h1-33H. The topological polar surface area (TPSA) is 38.7 Å². The van der Waals surface area contributed by atoms with Crippen LogP contribution >= 0.6 is 0 Å². The van der Waals surface area contributed by atoms with E-state index in [4.69, 9.17) is 15.0 Å². The Bertz CT molecular complexity index is 2850. The lowest BCUT2D eigenvalue weighted by molar-refractivity contribution is 0.794. The van der Waals surface area contributed by atoms with Crippen molar-refractivity contribution in [3.8, 4) is 78.5 Å². The summed E-state index contributed by atoms with van der Waals surface area (Å²) in [6.07, 6.45) is 1.91. The summed E-state index contributed by atoms with van der Waals surface area (Å²) in [5.41, 5.74) is 19.2. The van der Waals surface area contributed by atoms with Crippen molar-refractivity contribution in [2.24, 2.45) is 0 Å². The second-order valence-electron chi connectivity index (χ2n) is 14.4. The molecule has 0 N–H and O–H groups in total. The van der Waals surface area contributed by atoms with Crippen molar-refractivity contribution in [2.75, 3.05) is 0 Å². The van der Waals surface area contributed by atoms with Gasteiger partial charge in [0.15, 0.2) is 5.82 Å². The summed E-state index contributed by atoms with van der Waals surface area (Å²) in [5, 5.41) is 0. The first-order valence-corrected chi connectivity index (χ1v) is 18.8. The van der Waals surface area contributed by atoms with Gasteiger partial charge in [-0.25, -0.2) is 9.97 Å². The third kappa shape index (κ3) is 4.87. The molecule has 0 saturated carbocycles. The predicted octanol–water partition coefficient (Wildman–Crippen LogP) is 12.6. The molecule has 3 nitrogen and oxygen atoms in total. The highest BCUT2D eigenvalue weighted by Gasteiger charge is 2.51. The minimum absolute atomic E-state index is 0.386. The van der Waals surface area contributed by atoms with Crippen molar-refractivity contribution in [2.45, 2.75) is 5.41 Å². The average Bonchev–Trinajstić information content (AvgIpc) is 3.74. The Hall–Kier alpha value is -7.23. The number of aromatic nitrogens is 3. The van der Waals surface area contributed by atoms with Crippen molar-refractivity contribution < 1.29 is 0 Å². The Morgan fingerprint density at radius 3 is 1.40 bits per heavy atom. The highest BCUT2D eigenvalue weighted by molar-refractivity contribution is 5.96. The molecule has 1 spiro atoms. The second-order valence-corrected chi connectivity index (χ2v) is 14.4. The summed E-state index contributed by atoms with van der Waals surface area (Å²) in [6, 6.07) is 69.4. The van der Waals surface area contributed by atoms with E-state index in [2.05, 4.69) is 158 Å². The van der Waals surface area contributed by atoms with E-state index >= 15 is 0 Å². The number of nitrogens with zero attached hydrogens (tertiary/aromatic N) is 3. The molecule has 0 atom stereocenters. The van der Waals surface area contributed by atoms with Crippen molar-refractivity contribution in [1.82, 2.24) is 15.0 Å². The number of hydrogen-bond donors (Lipinski definition) is 0. The zero-order valence-electron chi connectivity index (χ0n) is 29.9. The van der Waals surface area contributed by atoms with Gasteiger partial charge in [-0.1, -0.05) is 164 Å². The zero-order valence-corrected chi connectivity index (χ0v) is 29.9. The third-order valence-corrected chi connectivity index (χ3v) is 11.4. The molecule has 0 unspecified atom stereocenters. The summed E-state index contributed by atoms with van der Waals surface area (Å²) in [6.45, 7) is 0. The van der Waals surface area contributed by atoms with Gasteiger partial charge < -0.3 is 0 Å². The normalized spacial score (nSPS) is 12.9. The van der Waals surface area contributed by atoms with E-state index in [-0.39, 0.29) is 5.41 Å². The Balaban J connectivity index is 1.05. The summed E-state index contributed by atoms with van der Waals surface area (Å²) >= 11 is 0. The molecule has 0 radical (unpaired) electrons. The second kappa shape index (κ2) is 12.4. The molecule has 0 aliphatic heterocycles. The SMILES string of the molecule is c1ccc(-c2ccc(-c3cc(-c4cccc(-c5ccc6c(c5)C5(c7ccccc7-c7ccccc75)c5ccccc5-6)c4)nc(-c4ccccc4)n3)cn2)cc1. The minimum Gasteiger partial charge on any atom is -0.256 e. The summed E-state index contributed by atoms with van der Waals surface area (Å²) < 4.78 is 0. The molecule has 55 heavy (non-hydrogen) atoms. The largest absolute Gasteiger partial charge is 0.256 e. The number of fused-ring (bicyclic) bond motifs is 10. The van der Waals surface area contributed by atoms with Crippen LogP contribution in [0.1, 0.15) is 22.3 Å². The quantitative estimate of drug-likeness (QED) is 0.179. The van der Waals surface area contributed by atoms with E-state index < -0.39 is 0 Å². The smallest absolute Gasteiger partial charge is 0.160 e. The number of benzene rings is 7. The third-order valence-electron chi connectivity index (χ3n) is 11.4. The molecular formula is C52H33N3. The molecule has 2 heterocycles. The molecule has 2 aromatic heterocycles. The minimum atomic E-state index is -0.386. The molecule has 0 saturated heterocycles. The van der Waals surface area contributed by atoms with Crippen LogP contribution in [-0.2, 0) is 5.41 Å². The molecule has 2 aliphatic rings. The summed E-state index contributed by atoms with van der Waals surface area (Å²) in [7, 11) is 0. The van der Waals surface area contributed by atoms with Crippen LogP contribution in [0.5, 0.6) is 0 Å². The Kier molecular flexibility index (Phi) is 7.08. The fourth-order valence-electron chi connectivity index (χ4n) is 8.92. The van der Waals surface area contributed by atoms with Gasteiger partial charge in [-0.2, -0.15) is 0 Å². The molecule has 0 fully saturated rings. The van der Waals surface area contributed by atoms with Crippen molar-refractivity contribution >= 4 is 0 Å². The molecule has 11 rings (SSSR count). The lowest BCUT2D eigenvalue weighted by Crippen LogP contribution is -2.25. The van der Waals surface area contributed by atoms with Crippen LogP contribution in [-0.4, -0.2) is 15.0 Å². The van der Waals surface area contributed by atoms with E-state index in [9.17, 15) is 0 Å². The molecule has 0 amide bonds. The van der Waals surface area contributed by atoms with Crippen LogP contribution in [0, 0.1) is 0 Å². The lowest BCUT2D eigenvalue weighted by atomic mass is 9.70. The van der Waals surface area contributed by atoms with Crippen molar-refractivity contribution in [3.63, 3.8) is 0 Å². The molecule has 3 heteroatoms. The van der Waals surface area contributed by atoms with Crippen molar-refractivity contribution in [3.05, 3.63) is 223 Å². The Labute approximate surface area is 320 Å². The first-order chi connectivity index (χ1) is 27.3. The molecule has 9 aromatic rings. The van der Waals surface area contributed by atoms with Crippen LogP contribution in [0.15, 0.2) is 200 Å². The number of pyridine rings is 1. The molecular weight excluding hydrogens is 667 g/mol. The fourth-order valence-corrected chi connectivity index (χ4v) is 8.92. The molecule has 2 aliphatic carbocycles. The van der Waals surface area contributed by atoms with Crippen LogP contribution in [0.4, 0.5) is 0 Å². The zero-order chi connectivity index (χ0) is 36.3. The fraction of sp³-hybridized carbons (Fsp3) is 0.0192. The van der Waals surface area contributed by atoms with E-state index in [0.29, 0.717) is 5.82 Å². The van der Waals surface area contributed by atoms with Crippen LogP contribution in [0.3, 0.4) is 0 Å².